The monoisotopic (exact) mass is 222 g/mol. The van der Waals surface area contributed by atoms with Crippen molar-refractivity contribution in [2.45, 2.75) is 64.9 Å². The van der Waals surface area contributed by atoms with E-state index in [9.17, 15) is 8.42 Å². The highest BCUT2D eigenvalue weighted by molar-refractivity contribution is 7.67. The Balaban J connectivity index is 3.18. The van der Waals surface area contributed by atoms with Crippen LogP contribution >= 0.6 is 0 Å². The predicted molar refractivity (Wildman–Crippen MR) is 58.9 cm³/mol. The van der Waals surface area contributed by atoms with Gasteiger partial charge in [-0.2, -0.15) is 0 Å². The second kappa shape index (κ2) is 9.46. The van der Waals surface area contributed by atoms with Gasteiger partial charge in [-0.3, -0.25) is 4.18 Å². The van der Waals surface area contributed by atoms with Crippen LogP contribution in [-0.2, 0) is 15.2 Å². The van der Waals surface area contributed by atoms with E-state index in [1.54, 1.807) is 6.92 Å². The van der Waals surface area contributed by atoms with Gasteiger partial charge >= 0.3 is 0 Å². The molecule has 86 valence electrons. The van der Waals surface area contributed by atoms with Crippen molar-refractivity contribution in [3.8, 4) is 0 Å². The summed E-state index contributed by atoms with van der Waals surface area (Å²) in [5.74, 6) is 0. The molecule has 0 bridgehead atoms. The molecule has 0 aromatic heterocycles. The molecular formula is C10H22O3S. The van der Waals surface area contributed by atoms with Crippen LogP contribution < -0.4 is 0 Å². The van der Waals surface area contributed by atoms with Crippen LogP contribution in [0, 0.1) is 0 Å². The summed E-state index contributed by atoms with van der Waals surface area (Å²) in [4.78, 5) is 0. The Bertz CT molecular complexity index is 182. The maximum Gasteiger partial charge on any atom is 0.257 e. The first kappa shape index (κ1) is 13.9. The lowest BCUT2D eigenvalue weighted by molar-refractivity contribution is 0.223. The summed E-state index contributed by atoms with van der Waals surface area (Å²) >= 11 is 0. The number of thiol groups is 1. The molecule has 0 saturated carbocycles. The van der Waals surface area contributed by atoms with E-state index in [0.29, 0.717) is 0 Å². The Morgan fingerprint density at radius 3 is 2.21 bits per heavy atom. The molecular weight excluding hydrogens is 200 g/mol. The van der Waals surface area contributed by atoms with Gasteiger partial charge < -0.3 is 0 Å². The van der Waals surface area contributed by atoms with E-state index in [1.807, 2.05) is 0 Å². The average molecular weight is 222 g/mol. The Kier molecular flexibility index (Phi) is 9.40. The van der Waals surface area contributed by atoms with Crippen molar-refractivity contribution in [1.82, 2.24) is 0 Å². The molecule has 0 fully saturated rings. The molecule has 0 rings (SSSR count). The van der Waals surface area contributed by atoms with Gasteiger partial charge in [-0.15, -0.1) is 0 Å². The van der Waals surface area contributed by atoms with Crippen LogP contribution in [0.1, 0.15) is 58.8 Å². The van der Waals surface area contributed by atoms with Crippen LogP contribution in [0.5, 0.6) is 0 Å². The summed E-state index contributed by atoms with van der Waals surface area (Å²) in [5.41, 5.74) is 0. The third kappa shape index (κ3) is 9.99. The van der Waals surface area contributed by atoms with Crippen LogP contribution in [0.15, 0.2) is 0 Å². The van der Waals surface area contributed by atoms with Gasteiger partial charge in [-0.25, -0.2) is 8.42 Å². The minimum absolute atomic E-state index is 0.151. The van der Waals surface area contributed by atoms with Crippen molar-refractivity contribution in [2.75, 3.05) is 0 Å². The largest absolute Gasteiger partial charge is 0.269 e. The van der Waals surface area contributed by atoms with Crippen molar-refractivity contribution in [1.29, 1.82) is 0 Å². The van der Waals surface area contributed by atoms with Crippen molar-refractivity contribution in [3.05, 3.63) is 0 Å². The third-order valence-electron chi connectivity index (χ3n) is 2.23. The van der Waals surface area contributed by atoms with Crippen LogP contribution in [0.2, 0.25) is 0 Å². The van der Waals surface area contributed by atoms with Crippen molar-refractivity contribution < 1.29 is 12.6 Å². The normalized spacial score (nSPS) is 13.4. The van der Waals surface area contributed by atoms with Crippen molar-refractivity contribution >= 4 is 11.0 Å². The third-order valence-corrected chi connectivity index (χ3v) is 2.76. The molecule has 0 saturated heterocycles. The van der Waals surface area contributed by atoms with Crippen LogP contribution in [0.4, 0.5) is 0 Å². The van der Waals surface area contributed by atoms with E-state index in [-0.39, 0.29) is 6.10 Å². The molecule has 4 heteroatoms. The molecule has 0 aromatic carbocycles. The number of unbranched alkanes of at least 4 members (excludes halogenated alkanes) is 5. The average Bonchev–Trinajstić information content (AvgIpc) is 2.10. The van der Waals surface area contributed by atoms with Gasteiger partial charge in [-0.1, -0.05) is 45.4 Å². The molecule has 0 aliphatic heterocycles. The second-order valence-corrected chi connectivity index (χ2v) is 4.35. The lowest BCUT2D eigenvalue weighted by Gasteiger charge is -2.06. The van der Waals surface area contributed by atoms with Crippen LogP contribution in [0.3, 0.4) is 0 Å². The first-order valence-corrected chi connectivity index (χ1v) is 6.57. The first-order valence-electron chi connectivity index (χ1n) is 5.48. The highest BCUT2D eigenvalue weighted by Crippen LogP contribution is 2.09. The molecule has 3 nitrogen and oxygen atoms in total. The van der Waals surface area contributed by atoms with Gasteiger partial charge in [0.2, 0.25) is 0 Å². The van der Waals surface area contributed by atoms with E-state index in [1.165, 1.54) is 32.1 Å². The van der Waals surface area contributed by atoms with Gasteiger partial charge in [0.05, 0.1) is 6.10 Å². The summed E-state index contributed by atoms with van der Waals surface area (Å²) < 4.78 is 25.0. The van der Waals surface area contributed by atoms with Gasteiger partial charge in [0.25, 0.3) is 11.0 Å². The fourth-order valence-corrected chi connectivity index (χ4v) is 1.81. The highest BCUT2D eigenvalue weighted by Gasteiger charge is 2.02. The zero-order valence-electron chi connectivity index (χ0n) is 9.20. The molecule has 0 heterocycles. The van der Waals surface area contributed by atoms with Gasteiger partial charge in [0.1, 0.15) is 0 Å². The molecule has 0 radical (unpaired) electrons. The fraction of sp³-hybridized carbons (Fsp3) is 1.00. The van der Waals surface area contributed by atoms with Crippen molar-refractivity contribution in [2.24, 2.45) is 0 Å². The maximum absolute atomic E-state index is 10.2. The summed E-state index contributed by atoms with van der Waals surface area (Å²) in [6.45, 7) is 4.00. The zero-order chi connectivity index (χ0) is 10.8. The standard InChI is InChI=1S/C10H22O3S/c1-3-4-5-6-7-8-9-10(2)13-14(11)12/h10,14H,3-9H2,1-2H3. The lowest BCUT2D eigenvalue weighted by Crippen LogP contribution is -2.06. The molecule has 0 aromatic rings. The fourth-order valence-electron chi connectivity index (χ4n) is 1.41. The summed E-state index contributed by atoms with van der Waals surface area (Å²) in [6.07, 6.45) is 8.05. The number of rotatable bonds is 9. The molecule has 0 aliphatic carbocycles. The maximum atomic E-state index is 10.2. The van der Waals surface area contributed by atoms with Crippen LogP contribution in [-0.4, -0.2) is 14.5 Å². The number of hydrogen-bond donors (Lipinski definition) is 1. The minimum Gasteiger partial charge on any atom is -0.269 e. The zero-order valence-corrected chi connectivity index (χ0v) is 10.1. The molecule has 0 N–H and O–H groups in total. The summed E-state index contributed by atoms with van der Waals surface area (Å²) in [6, 6.07) is 0. The van der Waals surface area contributed by atoms with Gasteiger partial charge in [0.15, 0.2) is 0 Å². The molecule has 0 amide bonds. The van der Waals surface area contributed by atoms with E-state index in [4.69, 9.17) is 0 Å². The number of hydrogen-bond acceptors (Lipinski definition) is 3. The van der Waals surface area contributed by atoms with E-state index in [0.717, 1.165) is 12.8 Å². The first-order chi connectivity index (χ1) is 6.66. The van der Waals surface area contributed by atoms with E-state index >= 15 is 0 Å². The molecule has 0 aliphatic rings. The van der Waals surface area contributed by atoms with Gasteiger partial charge in [0, 0.05) is 0 Å². The highest BCUT2D eigenvalue weighted by atomic mass is 32.2. The molecule has 1 unspecified atom stereocenters. The second-order valence-electron chi connectivity index (χ2n) is 3.70. The Morgan fingerprint density at radius 1 is 1.07 bits per heavy atom. The Morgan fingerprint density at radius 2 is 1.64 bits per heavy atom. The van der Waals surface area contributed by atoms with Gasteiger partial charge in [-0.05, 0) is 13.3 Å². The quantitative estimate of drug-likeness (QED) is 0.482. The van der Waals surface area contributed by atoms with Crippen LogP contribution in [0.25, 0.3) is 0 Å². The SMILES string of the molecule is CCCCCCCCC(C)O[SH](=O)=O. The minimum atomic E-state index is -2.67. The van der Waals surface area contributed by atoms with Crippen molar-refractivity contribution in [3.63, 3.8) is 0 Å². The summed E-state index contributed by atoms with van der Waals surface area (Å²) in [5, 5.41) is 0. The molecule has 0 spiro atoms. The van der Waals surface area contributed by atoms with E-state index in [2.05, 4.69) is 11.1 Å². The molecule has 1 atom stereocenters. The molecule has 14 heavy (non-hydrogen) atoms. The Hall–Kier alpha value is -0.0900. The summed E-state index contributed by atoms with van der Waals surface area (Å²) in [7, 11) is -2.67. The topological polar surface area (TPSA) is 43.4 Å². The smallest absolute Gasteiger partial charge is 0.257 e. The predicted octanol–water partition coefficient (Wildman–Crippen LogP) is 2.67. The Labute approximate surface area is 89.0 Å². The lowest BCUT2D eigenvalue weighted by atomic mass is 10.1. The van der Waals surface area contributed by atoms with E-state index < -0.39 is 11.0 Å².